The van der Waals surface area contributed by atoms with Crippen molar-refractivity contribution in [3.05, 3.63) is 65.5 Å². The van der Waals surface area contributed by atoms with Gasteiger partial charge in [-0.05, 0) is 43.2 Å². The molecule has 5 heteroatoms. The van der Waals surface area contributed by atoms with Gasteiger partial charge in [0.2, 0.25) is 0 Å². The van der Waals surface area contributed by atoms with Crippen LogP contribution in [0.15, 0.2) is 53.5 Å². The van der Waals surface area contributed by atoms with Crippen molar-refractivity contribution < 1.29 is 4.39 Å². The molecule has 0 aliphatic rings. The number of guanidine groups is 1. The van der Waals surface area contributed by atoms with Crippen LogP contribution < -0.4 is 11.1 Å². The third-order valence-electron chi connectivity index (χ3n) is 2.90. The van der Waals surface area contributed by atoms with E-state index in [1.807, 2.05) is 37.3 Å². The predicted molar refractivity (Wildman–Crippen MR) is 96.8 cm³/mol. The van der Waals surface area contributed by atoms with Crippen LogP contribution in [0, 0.1) is 12.7 Å². The molecule has 21 heavy (non-hydrogen) atoms. The molecule has 2 aromatic carbocycles. The number of benzene rings is 2. The molecule has 3 nitrogen and oxygen atoms in total. The summed E-state index contributed by atoms with van der Waals surface area (Å²) in [5.41, 5.74) is 8.81. The van der Waals surface area contributed by atoms with Gasteiger partial charge in [0.05, 0.1) is 0 Å². The number of nitrogens with zero attached hydrogens (tertiary/aromatic N) is 1. The maximum atomic E-state index is 13.0. The fraction of sp³-hybridized carbons (Fsp3) is 0.188. The second-order valence-electron chi connectivity index (χ2n) is 4.64. The number of rotatable bonds is 4. The molecule has 0 unspecified atom stereocenters. The molecule has 0 spiro atoms. The van der Waals surface area contributed by atoms with Crippen LogP contribution in [0.1, 0.15) is 11.1 Å². The highest BCUT2D eigenvalue weighted by Crippen LogP contribution is 2.08. The zero-order valence-corrected chi connectivity index (χ0v) is 14.2. The minimum Gasteiger partial charge on any atom is -0.370 e. The Balaban J connectivity index is 0.00000220. The molecule has 0 amide bonds. The maximum absolute atomic E-state index is 13.0. The van der Waals surface area contributed by atoms with Gasteiger partial charge < -0.3 is 11.1 Å². The monoisotopic (exact) mass is 399 g/mol. The SMILES string of the molecule is Cc1ccc(NC(N)=NCCc2cccc(F)c2)cc1.I. The number of halogens is 2. The molecular formula is C16H19FIN3. The Morgan fingerprint density at radius 2 is 1.90 bits per heavy atom. The average molecular weight is 399 g/mol. The Kier molecular flexibility index (Phi) is 7.14. The van der Waals surface area contributed by atoms with Crippen molar-refractivity contribution in [2.75, 3.05) is 11.9 Å². The normalized spacial score (nSPS) is 10.9. The van der Waals surface area contributed by atoms with Crippen LogP contribution in [0.4, 0.5) is 10.1 Å². The number of aliphatic imine (C=N–C) groups is 1. The third-order valence-corrected chi connectivity index (χ3v) is 2.90. The summed E-state index contributed by atoms with van der Waals surface area (Å²) < 4.78 is 13.0. The Morgan fingerprint density at radius 3 is 2.57 bits per heavy atom. The van der Waals surface area contributed by atoms with Crippen LogP contribution in [0.5, 0.6) is 0 Å². The van der Waals surface area contributed by atoms with Gasteiger partial charge in [-0.25, -0.2) is 4.39 Å². The minimum atomic E-state index is -0.225. The van der Waals surface area contributed by atoms with Crippen LogP contribution >= 0.6 is 24.0 Å². The van der Waals surface area contributed by atoms with Gasteiger partial charge in [0, 0.05) is 12.2 Å². The predicted octanol–water partition coefficient (Wildman–Crippen LogP) is 3.72. The Labute approximate surface area is 141 Å². The van der Waals surface area contributed by atoms with E-state index in [9.17, 15) is 4.39 Å². The zero-order valence-electron chi connectivity index (χ0n) is 11.8. The van der Waals surface area contributed by atoms with E-state index in [0.717, 1.165) is 11.3 Å². The highest BCUT2D eigenvalue weighted by atomic mass is 127. The fourth-order valence-electron chi connectivity index (χ4n) is 1.82. The first-order valence-corrected chi connectivity index (χ1v) is 6.51. The summed E-state index contributed by atoms with van der Waals surface area (Å²) in [6.45, 7) is 2.55. The lowest BCUT2D eigenvalue weighted by Gasteiger charge is -2.06. The van der Waals surface area contributed by atoms with Gasteiger partial charge in [0.25, 0.3) is 0 Å². The van der Waals surface area contributed by atoms with Gasteiger partial charge in [-0.1, -0.05) is 29.8 Å². The van der Waals surface area contributed by atoms with Crippen LogP contribution in [0.25, 0.3) is 0 Å². The summed E-state index contributed by atoms with van der Waals surface area (Å²) in [6, 6.07) is 14.4. The number of anilines is 1. The molecule has 0 aliphatic heterocycles. The largest absolute Gasteiger partial charge is 0.370 e. The molecule has 0 aliphatic carbocycles. The summed E-state index contributed by atoms with van der Waals surface area (Å²) in [5, 5.41) is 3.02. The van der Waals surface area contributed by atoms with E-state index in [4.69, 9.17) is 5.73 Å². The Bertz CT molecular complexity index is 597. The van der Waals surface area contributed by atoms with Crippen molar-refractivity contribution in [1.29, 1.82) is 0 Å². The summed E-state index contributed by atoms with van der Waals surface area (Å²) in [5.74, 6) is 0.141. The van der Waals surface area contributed by atoms with Crippen LogP contribution in [0.3, 0.4) is 0 Å². The van der Waals surface area contributed by atoms with Crippen molar-refractivity contribution in [3.63, 3.8) is 0 Å². The zero-order chi connectivity index (χ0) is 14.4. The molecule has 0 fully saturated rings. The lowest BCUT2D eigenvalue weighted by atomic mass is 10.1. The van der Waals surface area contributed by atoms with Crippen molar-refractivity contribution in [1.82, 2.24) is 0 Å². The summed E-state index contributed by atoms with van der Waals surface area (Å²) in [6.07, 6.45) is 0.661. The Hall–Kier alpha value is -1.63. The van der Waals surface area contributed by atoms with Crippen molar-refractivity contribution in [2.24, 2.45) is 10.7 Å². The van der Waals surface area contributed by atoms with E-state index in [-0.39, 0.29) is 29.8 Å². The average Bonchev–Trinajstić information content (AvgIpc) is 2.41. The highest BCUT2D eigenvalue weighted by molar-refractivity contribution is 14.0. The highest BCUT2D eigenvalue weighted by Gasteiger charge is 1.97. The number of hydrogen-bond acceptors (Lipinski definition) is 1. The van der Waals surface area contributed by atoms with Gasteiger partial charge in [-0.2, -0.15) is 0 Å². The van der Waals surface area contributed by atoms with Gasteiger partial charge in [0.1, 0.15) is 5.82 Å². The van der Waals surface area contributed by atoms with E-state index in [2.05, 4.69) is 10.3 Å². The number of aryl methyl sites for hydroxylation is 1. The van der Waals surface area contributed by atoms with E-state index in [1.165, 1.54) is 17.7 Å². The van der Waals surface area contributed by atoms with Gasteiger partial charge in [-0.15, -0.1) is 24.0 Å². The first-order chi connectivity index (χ1) is 9.63. The van der Waals surface area contributed by atoms with E-state index in [1.54, 1.807) is 6.07 Å². The molecule has 0 atom stereocenters. The smallest absolute Gasteiger partial charge is 0.193 e. The van der Waals surface area contributed by atoms with E-state index in [0.29, 0.717) is 18.9 Å². The fourth-order valence-corrected chi connectivity index (χ4v) is 1.82. The van der Waals surface area contributed by atoms with Crippen molar-refractivity contribution >= 4 is 35.6 Å². The van der Waals surface area contributed by atoms with Crippen LogP contribution in [0.2, 0.25) is 0 Å². The number of hydrogen-bond donors (Lipinski definition) is 2. The molecule has 3 N–H and O–H groups in total. The topological polar surface area (TPSA) is 50.4 Å². The molecule has 2 rings (SSSR count). The van der Waals surface area contributed by atoms with Crippen molar-refractivity contribution in [2.45, 2.75) is 13.3 Å². The number of nitrogens with two attached hydrogens (primary N) is 1. The first-order valence-electron chi connectivity index (χ1n) is 6.51. The lowest BCUT2D eigenvalue weighted by Crippen LogP contribution is -2.23. The number of nitrogens with one attached hydrogen (secondary N) is 1. The maximum Gasteiger partial charge on any atom is 0.193 e. The quantitative estimate of drug-likeness (QED) is 0.468. The van der Waals surface area contributed by atoms with Crippen LogP contribution in [-0.4, -0.2) is 12.5 Å². The van der Waals surface area contributed by atoms with E-state index >= 15 is 0 Å². The molecule has 0 aromatic heterocycles. The summed E-state index contributed by atoms with van der Waals surface area (Å²) in [7, 11) is 0. The van der Waals surface area contributed by atoms with Crippen LogP contribution in [-0.2, 0) is 6.42 Å². The summed E-state index contributed by atoms with van der Waals surface area (Å²) >= 11 is 0. The molecule has 112 valence electrons. The first kappa shape index (κ1) is 17.4. The molecule has 0 saturated heterocycles. The van der Waals surface area contributed by atoms with Gasteiger partial charge >= 0.3 is 0 Å². The van der Waals surface area contributed by atoms with E-state index < -0.39 is 0 Å². The van der Waals surface area contributed by atoms with Crippen molar-refractivity contribution in [3.8, 4) is 0 Å². The third kappa shape index (κ3) is 6.12. The Morgan fingerprint density at radius 1 is 1.19 bits per heavy atom. The molecule has 0 saturated carbocycles. The second kappa shape index (κ2) is 8.61. The lowest BCUT2D eigenvalue weighted by molar-refractivity contribution is 0.625. The molecule has 0 bridgehead atoms. The minimum absolute atomic E-state index is 0. The van der Waals surface area contributed by atoms with Gasteiger partial charge in [0.15, 0.2) is 5.96 Å². The molecule has 0 heterocycles. The summed E-state index contributed by atoms with van der Waals surface area (Å²) in [4.78, 5) is 4.23. The second-order valence-corrected chi connectivity index (χ2v) is 4.64. The molecule has 0 radical (unpaired) electrons. The standard InChI is InChI=1S/C16H18FN3.HI/c1-12-5-7-15(8-6-12)20-16(18)19-10-9-13-3-2-4-14(17)11-13;/h2-8,11H,9-10H2,1H3,(H3,18,19,20);1H. The molecule has 2 aromatic rings. The molecular weight excluding hydrogens is 380 g/mol. The van der Waals surface area contributed by atoms with Gasteiger partial charge in [-0.3, -0.25) is 4.99 Å².